The Morgan fingerprint density at radius 2 is 1.47 bits per heavy atom. The van der Waals surface area contributed by atoms with Crippen LogP contribution >= 0.6 is 11.8 Å². The zero-order valence-corrected chi connectivity index (χ0v) is 22.5. The van der Waals surface area contributed by atoms with Crippen molar-refractivity contribution in [1.29, 1.82) is 0 Å². The molecule has 6 atom stereocenters. The van der Waals surface area contributed by atoms with Crippen LogP contribution in [0.3, 0.4) is 0 Å². The first kappa shape index (κ1) is 29.5. The maximum absolute atomic E-state index is 13.3. The average Bonchev–Trinajstić information content (AvgIpc) is 2.62. The highest BCUT2D eigenvalue weighted by molar-refractivity contribution is 7.98. The summed E-state index contributed by atoms with van der Waals surface area (Å²) in [5.41, 5.74) is 1.23. The molecule has 4 unspecified atom stereocenters. The fourth-order valence-electron chi connectivity index (χ4n) is 4.10. The Balaban J connectivity index is 5.23. The molecular formula is C26H52N2OS. The van der Waals surface area contributed by atoms with Crippen molar-refractivity contribution in [2.45, 2.75) is 106 Å². The van der Waals surface area contributed by atoms with E-state index in [9.17, 15) is 4.79 Å². The smallest absolute Gasteiger partial charge is 0.237 e. The summed E-state index contributed by atoms with van der Waals surface area (Å²) in [7, 11) is 0. The molecule has 0 aliphatic rings. The minimum absolute atomic E-state index is 0.123. The number of allylic oxidation sites excluding steroid dienone is 1. The van der Waals surface area contributed by atoms with Gasteiger partial charge in [0.05, 0.1) is 6.04 Å². The van der Waals surface area contributed by atoms with Crippen LogP contribution in [0.5, 0.6) is 0 Å². The Morgan fingerprint density at radius 1 is 0.900 bits per heavy atom. The Bertz CT molecular complexity index is 491. The van der Waals surface area contributed by atoms with E-state index in [0.29, 0.717) is 35.6 Å². The molecule has 0 bridgehead atoms. The van der Waals surface area contributed by atoms with E-state index in [-0.39, 0.29) is 18.0 Å². The average molecular weight is 441 g/mol. The fraction of sp³-hybridized carbons (Fsp3) is 0.885. The number of thioether (sulfide) groups is 1. The highest BCUT2D eigenvalue weighted by Crippen LogP contribution is 2.24. The van der Waals surface area contributed by atoms with Crippen LogP contribution in [0.25, 0.3) is 0 Å². The van der Waals surface area contributed by atoms with Crippen LogP contribution in [-0.4, -0.2) is 36.0 Å². The Hall–Kier alpha value is -0.480. The maximum atomic E-state index is 13.3. The van der Waals surface area contributed by atoms with E-state index in [1.54, 1.807) is 0 Å². The number of rotatable bonds is 16. The van der Waals surface area contributed by atoms with E-state index in [1.165, 1.54) is 12.0 Å². The largest absolute Gasteiger partial charge is 0.352 e. The van der Waals surface area contributed by atoms with Crippen LogP contribution in [0.2, 0.25) is 0 Å². The predicted octanol–water partition coefficient (Wildman–Crippen LogP) is 6.54. The van der Waals surface area contributed by atoms with E-state index in [0.717, 1.165) is 25.0 Å². The number of hydrogen-bond donors (Lipinski definition) is 2. The molecule has 0 rings (SSSR count). The lowest BCUT2D eigenvalue weighted by atomic mass is 9.84. The molecule has 0 spiro atoms. The molecule has 0 saturated heterocycles. The minimum atomic E-state index is -0.123. The lowest BCUT2D eigenvalue weighted by Crippen LogP contribution is -2.53. The Labute approximate surface area is 193 Å². The van der Waals surface area contributed by atoms with Crippen molar-refractivity contribution < 1.29 is 4.79 Å². The van der Waals surface area contributed by atoms with Crippen molar-refractivity contribution in [3.63, 3.8) is 0 Å². The van der Waals surface area contributed by atoms with Crippen molar-refractivity contribution in [2.75, 3.05) is 12.0 Å². The van der Waals surface area contributed by atoms with Gasteiger partial charge in [0.2, 0.25) is 5.91 Å². The first-order chi connectivity index (χ1) is 13.9. The van der Waals surface area contributed by atoms with Gasteiger partial charge < -0.3 is 10.6 Å². The summed E-state index contributed by atoms with van der Waals surface area (Å²) >= 11 is 1.81. The predicted molar refractivity (Wildman–Crippen MR) is 137 cm³/mol. The minimum Gasteiger partial charge on any atom is -0.352 e. The van der Waals surface area contributed by atoms with E-state index in [1.807, 2.05) is 11.8 Å². The molecule has 0 aliphatic carbocycles. The summed E-state index contributed by atoms with van der Waals surface area (Å²) in [5, 5.41) is 7.12. The second-order valence-electron chi connectivity index (χ2n) is 10.6. The van der Waals surface area contributed by atoms with Crippen LogP contribution in [0, 0.1) is 29.6 Å². The summed E-state index contributed by atoms with van der Waals surface area (Å²) in [6.07, 6.45) is 6.25. The van der Waals surface area contributed by atoms with Crippen LogP contribution in [0.15, 0.2) is 12.2 Å². The van der Waals surface area contributed by atoms with Crippen LogP contribution in [-0.2, 0) is 4.79 Å². The van der Waals surface area contributed by atoms with Crippen LogP contribution < -0.4 is 10.6 Å². The molecule has 0 aromatic rings. The highest BCUT2D eigenvalue weighted by atomic mass is 32.2. The monoisotopic (exact) mass is 440 g/mol. The number of amides is 1. The maximum Gasteiger partial charge on any atom is 0.237 e. The first-order valence-corrected chi connectivity index (χ1v) is 13.5. The van der Waals surface area contributed by atoms with Crippen LogP contribution in [0.4, 0.5) is 0 Å². The van der Waals surface area contributed by atoms with Gasteiger partial charge in [0.15, 0.2) is 0 Å². The summed E-state index contributed by atoms with van der Waals surface area (Å²) in [6.45, 7) is 24.3. The topological polar surface area (TPSA) is 41.1 Å². The van der Waals surface area contributed by atoms with Crippen LogP contribution in [0.1, 0.15) is 88.0 Å². The molecule has 1 amide bonds. The summed E-state index contributed by atoms with van der Waals surface area (Å²) in [4.78, 5) is 13.3. The third kappa shape index (κ3) is 12.4. The van der Waals surface area contributed by atoms with Gasteiger partial charge >= 0.3 is 0 Å². The van der Waals surface area contributed by atoms with Gasteiger partial charge in [-0.1, -0.05) is 60.6 Å². The molecule has 178 valence electrons. The second-order valence-corrected chi connectivity index (χ2v) is 11.6. The van der Waals surface area contributed by atoms with Crippen molar-refractivity contribution >= 4 is 17.7 Å². The molecule has 0 saturated carbocycles. The molecule has 0 aliphatic heterocycles. The van der Waals surface area contributed by atoms with E-state index >= 15 is 0 Å². The molecule has 0 radical (unpaired) electrons. The lowest BCUT2D eigenvalue weighted by molar-refractivity contribution is -0.124. The van der Waals surface area contributed by atoms with E-state index in [2.05, 4.69) is 85.8 Å². The number of hydrogen-bond acceptors (Lipinski definition) is 3. The zero-order valence-electron chi connectivity index (χ0n) is 21.7. The van der Waals surface area contributed by atoms with Gasteiger partial charge in [0, 0.05) is 12.1 Å². The Kier molecular flexibility index (Phi) is 15.1. The molecular weight excluding hydrogens is 388 g/mol. The summed E-state index contributed by atoms with van der Waals surface area (Å²) in [6, 6.07) is 0.415. The molecule has 4 heteroatoms. The second kappa shape index (κ2) is 15.3. The molecule has 0 aromatic carbocycles. The zero-order chi connectivity index (χ0) is 23.4. The lowest BCUT2D eigenvalue weighted by Gasteiger charge is -2.32. The number of nitrogens with one attached hydrogen (secondary N) is 2. The van der Waals surface area contributed by atoms with E-state index in [4.69, 9.17) is 0 Å². The van der Waals surface area contributed by atoms with Gasteiger partial charge in [-0.2, -0.15) is 11.8 Å². The molecule has 2 N–H and O–H groups in total. The molecule has 0 aromatic heterocycles. The summed E-state index contributed by atoms with van der Waals surface area (Å²) < 4.78 is 0. The van der Waals surface area contributed by atoms with Gasteiger partial charge in [0.1, 0.15) is 0 Å². The van der Waals surface area contributed by atoms with Gasteiger partial charge in [-0.3, -0.25) is 4.79 Å². The third-order valence-corrected chi connectivity index (χ3v) is 7.04. The van der Waals surface area contributed by atoms with Gasteiger partial charge in [-0.15, -0.1) is 0 Å². The van der Waals surface area contributed by atoms with Crippen molar-refractivity contribution in [3.05, 3.63) is 12.2 Å². The first-order valence-electron chi connectivity index (χ1n) is 12.1. The third-order valence-electron chi connectivity index (χ3n) is 6.39. The highest BCUT2D eigenvalue weighted by Gasteiger charge is 2.28. The number of carbonyl (C=O) groups is 1. The molecule has 0 heterocycles. The molecule has 3 nitrogen and oxygen atoms in total. The standard InChI is InChI=1S/C26H52N2OS/c1-17(2)14-21(8)23(10)27-24(12-13-30-11)26(29)28-25(15-18(3)4)22(9)16-20(7)19(5)6/h17-18,20-25,27H,5,12-16H2,1-4,6-11H3,(H,28,29)/t20?,21-,22?,23?,24?,25-/m0/s1. The van der Waals surface area contributed by atoms with E-state index < -0.39 is 0 Å². The van der Waals surface area contributed by atoms with Crippen molar-refractivity contribution in [1.82, 2.24) is 10.6 Å². The normalized spacial score (nSPS) is 18.0. The quantitative estimate of drug-likeness (QED) is 0.268. The van der Waals surface area contributed by atoms with Gasteiger partial charge in [-0.25, -0.2) is 0 Å². The SMILES string of the molecule is C=C(C)C(C)CC(C)[C@H](CC(C)C)NC(=O)C(CCSC)NC(C)[C@@H](C)CC(C)C. The van der Waals surface area contributed by atoms with Gasteiger partial charge in [-0.05, 0) is 81.1 Å². The summed E-state index contributed by atoms with van der Waals surface area (Å²) in [5.74, 6) is 3.86. The van der Waals surface area contributed by atoms with Crippen molar-refractivity contribution in [2.24, 2.45) is 29.6 Å². The fourth-order valence-corrected chi connectivity index (χ4v) is 4.57. The Morgan fingerprint density at radius 3 is 1.93 bits per heavy atom. The van der Waals surface area contributed by atoms with Gasteiger partial charge in [0.25, 0.3) is 0 Å². The molecule has 0 fully saturated rings. The molecule has 30 heavy (non-hydrogen) atoms. The van der Waals surface area contributed by atoms with Crippen molar-refractivity contribution in [3.8, 4) is 0 Å². The number of carbonyl (C=O) groups excluding carboxylic acids is 1.